The Morgan fingerprint density at radius 2 is 1.87 bits per heavy atom. The summed E-state index contributed by atoms with van der Waals surface area (Å²) in [5.41, 5.74) is 5.18. The van der Waals surface area contributed by atoms with Crippen molar-refractivity contribution in [2.75, 3.05) is 31.1 Å². The van der Waals surface area contributed by atoms with Gasteiger partial charge in [0.15, 0.2) is 5.69 Å². The van der Waals surface area contributed by atoms with Crippen LogP contribution in [0.4, 0.5) is 5.69 Å². The highest BCUT2D eigenvalue weighted by atomic mass is 16.3. The maximum Gasteiger partial charge on any atom is 0.273 e. The van der Waals surface area contributed by atoms with Gasteiger partial charge in [0.1, 0.15) is 6.26 Å². The molecular formula is C24H28N4O2. The van der Waals surface area contributed by atoms with Crippen LogP contribution in [0.15, 0.2) is 59.2 Å². The minimum Gasteiger partial charge on any atom is -0.447 e. The highest BCUT2D eigenvalue weighted by Crippen LogP contribution is 2.21. The smallest absolute Gasteiger partial charge is 0.273 e. The molecule has 1 amide bonds. The first-order chi connectivity index (χ1) is 14.6. The molecule has 0 radical (unpaired) electrons. The Balaban J connectivity index is 1.27. The molecule has 1 aliphatic heterocycles. The standard InChI is InChI=1S/C24H28N4O2/c1-18-6-5-8-20(14-18)15-25-24(29)21-17-30-23(26-21)16-27-10-12-28(13-11-27)22-9-4-3-7-19(22)2/h3-9,14,17H,10-13,15-16H2,1-2H3,(H,25,29). The molecule has 2 aromatic carbocycles. The Kier molecular flexibility index (Phi) is 6.14. The van der Waals surface area contributed by atoms with Gasteiger partial charge in [0.25, 0.3) is 5.91 Å². The number of piperazine rings is 1. The molecule has 30 heavy (non-hydrogen) atoms. The van der Waals surface area contributed by atoms with E-state index in [0.29, 0.717) is 24.7 Å². The van der Waals surface area contributed by atoms with Gasteiger partial charge in [0.2, 0.25) is 5.89 Å². The van der Waals surface area contributed by atoms with Crippen molar-refractivity contribution in [3.05, 3.63) is 83.1 Å². The van der Waals surface area contributed by atoms with Gasteiger partial charge in [0.05, 0.1) is 6.54 Å². The quantitative estimate of drug-likeness (QED) is 0.681. The number of hydrogen-bond donors (Lipinski definition) is 1. The van der Waals surface area contributed by atoms with Crippen molar-refractivity contribution in [2.24, 2.45) is 0 Å². The number of para-hydroxylation sites is 1. The van der Waals surface area contributed by atoms with Crippen LogP contribution in [-0.4, -0.2) is 42.0 Å². The second-order valence-corrected chi connectivity index (χ2v) is 7.85. The van der Waals surface area contributed by atoms with Crippen molar-refractivity contribution < 1.29 is 9.21 Å². The van der Waals surface area contributed by atoms with Gasteiger partial charge >= 0.3 is 0 Å². The number of nitrogens with zero attached hydrogens (tertiary/aromatic N) is 3. The summed E-state index contributed by atoms with van der Waals surface area (Å²) in [6, 6.07) is 16.6. The van der Waals surface area contributed by atoms with E-state index in [1.54, 1.807) is 0 Å². The summed E-state index contributed by atoms with van der Waals surface area (Å²) in [6.45, 7) is 9.09. The second kappa shape index (κ2) is 9.13. The Bertz CT molecular complexity index is 1010. The second-order valence-electron chi connectivity index (χ2n) is 7.85. The highest BCUT2D eigenvalue weighted by molar-refractivity contribution is 5.91. The molecule has 1 N–H and O–H groups in total. The zero-order valence-corrected chi connectivity index (χ0v) is 17.6. The predicted octanol–water partition coefficient (Wildman–Crippen LogP) is 3.54. The average Bonchev–Trinajstić information content (AvgIpc) is 3.22. The molecule has 2 heterocycles. The Labute approximate surface area is 177 Å². The van der Waals surface area contributed by atoms with Crippen molar-refractivity contribution in [2.45, 2.75) is 26.9 Å². The minimum absolute atomic E-state index is 0.212. The molecule has 1 fully saturated rings. The predicted molar refractivity (Wildman–Crippen MR) is 118 cm³/mol. The van der Waals surface area contributed by atoms with Crippen molar-refractivity contribution in [1.82, 2.24) is 15.2 Å². The number of aromatic nitrogens is 1. The van der Waals surface area contributed by atoms with Crippen LogP contribution in [-0.2, 0) is 13.1 Å². The van der Waals surface area contributed by atoms with Crippen molar-refractivity contribution in [3.8, 4) is 0 Å². The maximum absolute atomic E-state index is 12.4. The molecule has 4 rings (SSSR count). The molecule has 6 heteroatoms. The van der Waals surface area contributed by atoms with E-state index in [2.05, 4.69) is 57.4 Å². The van der Waals surface area contributed by atoms with Crippen molar-refractivity contribution >= 4 is 11.6 Å². The van der Waals surface area contributed by atoms with Crippen LogP contribution in [0.25, 0.3) is 0 Å². The van der Waals surface area contributed by atoms with E-state index in [1.165, 1.54) is 23.1 Å². The number of amides is 1. The van der Waals surface area contributed by atoms with E-state index in [0.717, 1.165) is 31.7 Å². The number of anilines is 1. The summed E-state index contributed by atoms with van der Waals surface area (Å²) >= 11 is 0. The SMILES string of the molecule is Cc1cccc(CNC(=O)c2coc(CN3CCN(c4ccccc4C)CC3)n2)c1. The van der Waals surface area contributed by atoms with Crippen LogP contribution >= 0.6 is 0 Å². The first-order valence-electron chi connectivity index (χ1n) is 10.4. The first-order valence-corrected chi connectivity index (χ1v) is 10.4. The number of nitrogens with one attached hydrogen (secondary N) is 1. The fourth-order valence-electron chi connectivity index (χ4n) is 3.84. The van der Waals surface area contributed by atoms with E-state index >= 15 is 0 Å². The molecular weight excluding hydrogens is 376 g/mol. The zero-order chi connectivity index (χ0) is 20.9. The number of carbonyl (C=O) groups is 1. The van der Waals surface area contributed by atoms with Crippen LogP contribution in [0.5, 0.6) is 0 Å². The molecule has 1 saturated heterocycles. The molecule has 1 aliphatic rings. The third-order valence-corrected chi connectivity index (χ3v) is 5.51. The highest BCUT2D eigenvalue weighted by Gasteiger charge is 2.20. The molecule has 0 saturated carbocycles. The summed E-state index contributed by atoms with van der Waals surface area (Å²) in [5, 5.41) is 2.91. The fourth-order valence-corrected chi connectivity index (χ4v) is 3.84. The third-order valence-electron chi connectivity index (χ3n) is 5.51. The lowest BCUT2D eigenvalue weighted by atomic mass is 10.1. The summed E-state index contributed by atoms with van der Waals surface area (Å²) in [4.78, 5) is 21.5. The van der Waals surface area contributed by atoms with Gasteiger partial charge in [-0.2, -0.15) is 0 Å². The summed E-state index contributed by atoms with van der Waals surface area (Å²) < 4.78 is 5.56. The van der Waals surface area contributed by atoms with Crippen LogP contribution in [0.2, 0.25) is 0 Å². The number of oxazole rings is 1. The van der Waals surface area contributed by atoms with Crippen LogP contribution in [0.1, 0.15) is 33.1 Å². The van der Waals surface area contributed by atoms with E-state index in [-0.39, 0.29) is 5.91 Å². The summed E-state index contributed by atoms with van der Waals surface area (Å²) in [6.07, 6.45) is 1.45. The molecule has 0 unspecified atom stereocenters. The topological polar surface area (TPSA) is 61.6 Å². The minimum atomic E-state index is -0.212. The van der Waals surface area contributed by atoms with E-state index in [9.17, 15) is 4.79 Å². The zero-order valence-electron chi connectivity index (χ0n) is 17.6. The van der Waals surface area contributed by atoms with Crippen LogP contribution < -0.4 is 10.2 Å². The monoisotopic (exact) mass is 404 g/mol. The molecule has 0 aliphatic carbocycles. The molecule has 0 spiro atoms. The number of carbonyl (C=O) groups excluding carboxylic acids is 1. The largest absolute Gasteiger partial charge is 0.447 e. The normalized spacial score (nSPS) is 14.7. The van der Waals surface area contributed by atoms with Gasteiger partial charge in [0, 0.05) is 38.4 Å². The first kappa shape index (κ1) is 20.2. The maximum atomic E-state index is 12.4. The summed E-state index contributed by atoms with van der Waals surface area (Å²) in [7, 11) is 0. The van der Waals surface area contributed by atoms with E-state index in [4.69, 9.17) is 4.42 Å². The van der Waals surface area contributed by atoms with Gasteiger partial charge in [-0.05, 0) is 31.0 Å². The number of aryl methyl sites for hydroxylation is 2. The lowest BCUT2D eigenvalue weighted by Gasteiger charge is -2.36. The average molecular weight is 405 g/mol. The van der Waals surface area contributed by atoms with Gasteiger partial charge in [-0.3, -0.25) is 9.69 Å². The van der Waals surface area contributed by atoms with Crippen LogP contribution in [0.3, 0.4) is 0 Å². The van der Waals surface area contributed by atoms with Crippen molar-refractivity contribution in [3.63, 3.8) is 0 Å². The molecule has 156 valence electrons. The van der Waals surface area contributed by atoms with E-state index < -0.39 is 0 Å². The number of hydrogen-bond acceptors (Lipinski definition) is 5. The van der Waals surface area contributed by atoms with Gasteiger partial charge in [-0.1, -0.05) is 48.0 Å². The van der Waals surface area contributed by atoms with Gasteiger partial charge in [-0.15, -0.1) is 0 Å². The molecule has 3 aromatic rings. The van der Waals surface area contributed by atoms with Crippen LogP contribution in [0, 0.1) is 13.8 Å². The van der Waals surface area contributed by atoms with Gasteiger partial charge in [-0.25, -0.2) is 4.98 Å². The Morgan fingerprint density at radius 3 is 2.63 bits per heavy atom. The van der Waals surface area contributed by atoms with Gasteiger partial charge < -0.3 is 14.6 Å². The molecule has 0 bridgehead atoms. The molecule has 1 aromatic heterocycles. The summed E-state index contributed by atoms with van der Waals surface area (Å²) in [5.74, 6) is 0.371. The Morgan fingerprint density at radius 1 is 1.07 bits per heavy atom. The lowest BCUT2D eigenvalue weighted by molar-refractivity contribution is 0.0945. The molecule has 6 nitrogen and oxygen atoms in total. The van der Waals surface area contributed by atoms with E-state index in [1.807, 2.05) is 25.1 Å². The number of rotatable bonds is 6. The van der Waals surface area contributed by atoms with Crippen molar-refractivity contribution in [1.29, 1.82) is 0 Å². The number of benzene rings is 2. The third kappa shape index (κ3) is 4.89. The lowest BCUT2D eigenvalue weighted by Crippen LogP contribution is -2.46. The Hall–Kier alpha value is -3.12. The molecule has 0 atom stereocenters. The fraction of sp³-hybridized carbons (Fsp3) is 0.333.